The van der Waals surface area contributed by atoms with Crippen molar-refractivity contribution in [2.24, 2.45) is 0 Å². The van der Waals surface area contributed by atoms with Gasteiger partial charge in [0.2, 0.25) is 0 Å². The number of benzene rings is 1. The zero-order valence-electron chi connectivity index (χ0n) is 11.0. The number of imidazole rings is 1. The summed E-state index contributed by atoms with van der Waals surface area (Å²) in [6, 6.07) is 2.99. The molecule has 0 atom stereocenters. The SMILES string of the molecule is O=C(Nc1cnc2n1CCCC2)c1c(Cl)cc(Cl)cc1Cl. The summed E-state index contributed by atoms with van der Waals surface area (Å²) in [4.78, 5) is 16.7. The molecule has 0 bridgehead atoms. The number of nitrogens with one attached hydrogen (secondary N) is 1. The third-order valence-corrected chi connectivity index (χ3v) is 4.26. The number of hydrogen-bond donors (Lipinski definition) is 1. The van der Waals surface area contributed by atoms with E-state index < -0.39 is 0 Å². The molecule has 2 aromatic rings. The van der Waals surface area contributed by atoms with Crippen LogP contribution in [0.1, 0.15) is 29.0 Å². The molecule has 1 aliphatic rings. The molecule has 0 radical (unpaired) electrons. The van der Waals surface area contributed by atoms with E-state index in [9.17, 15) is 4.79 Å². The Balaban J connectivity index is 1.89. The van der Waals surface area contributed by atoms with Crippen molar-refractivity contribution in [2.75, 3.05) is 5.32 Å². The van der Waals surface area contributed by atoms with Crippen molar-refractivity contribution in [1.82, 2.24) is 9.55 Å². The first-order valence-electron chi connectivity index (χ1n) is 6.56. The number of aryl methyl sites for hydroxylation is 1. The number of amides is 1. The average Bonchev–Trinajstić information content (AvgIpc) is 2.81. The average molecular weight is 345 g/mol. The Morgan fingerprint density at radius 3 is 2.62 bits per heavy atom. The summed E-state index contributed by atoms with van der Waals surface area (Å²) in [6.45, 7) is 0.854. The Hall–Kier alpha value is -1.23. The predicted octanol–water partition coefficient (Wildman–Crippen LogP) is 4.43. The molecule has 0 saturated carbocycles. The van der Waals surface area contributed by atoms with E-state index in [-0.39, 0.29) is 21.5 Å². The molecule has 110 valence electrons. The van der Waals surface area contributed by atoms with Gasteiger partial charge in [-0.3, -0.25) is 4.79 Å². The third-order valence-electron chi connectivity index (χ3n) is 3.45. The van der Waals surface area contributed by atoms with E-state index in [1.807, 2.05) is 4.57 Å². The van der Waals surface area contributed by atoms with Gasteiger partial charge < -0.3 is 9.88 Å². The highest BCUT2D eigenvalue weighted by Gasteiger charge is 2.20. The van der Waals surface area contributed by atoms with Crippen LogP contribution in [0.25, 0.3) is 0 Å². The van der Waals surface area contributed by atoms with Gasteiger partial charge in [0, 0.05) is 18.0 Å². The van der Waals surface area contributed by atoms with Crippen LogP contribution < -0.4 is 5.32 Å². The van der Waals surface area contributed by atoms with Crippen molar-refractivity contribution in [3.05, 3.63) is 44.8 Å². The number of hydrogen-bond acceptors (Lipinski definition) is 2. The molecule has 0 fully saturated rings. The first-order valence-corrected chi connectivity index (χ1v) is 7.70. The first kappa shape index (κ1) is 14.7. The maximum Gasteiger partial charge on any atom is 0.259 e. The molecule has 1 N–H and O–H groups in total. The van der Waals surface area contributed by atoms with Gasteiger partial charge >= 0.3 is 0 Å². The normalized spacial score (nSPS) is 13.9. The second kappa shape index (κ2) is 5.87. The van der Waals surface area contributed by atoms with E-state index in [0.29, 0.717) is 10.8 Å². The molecule has 3 rings (SSSR count). The van der Waals surface area contributed by atoms with Gasteiger partial charge in [-0.2, -0.15) is 0 Å². The van der Waals surface area contributed by atoms with E-state index >= 15 is 0 Å². The number of aromatic nitrogens is 2. The molecule has 0 spiro atoms. The van der Waals surface area contributed by atoms with Crippen LogP contribution in [0.15, 0.2) is 18.3 Å². The summed E-state index contributed by atoms with van der Waals surface area (Å²) in [5.74, 6) is 1.29. The fourth-order valence-electron chi connectivity index (χ4n) is 2.45. The van der Waals surface area contributed by atoms with Crippen LogP contribution in [-0.2, 0) is 13.0 Å². The molecule has 0 unspecified atom stereocenters. The van der Waals surface area contributed by atoms with Gasteiger partial charge in [-0.15, -0.1) is 0 Å². The summed E-state index contributed by atoms with van der Waals surface area (Å²) in [5, 5.41) is 3.66. The molecule has 1 aromatic carbocycles. The van der Waals surface area contributed by atoms with Crippen LogP contribution in [0.4, 0.5) is 5.82 Å². The fourth-order valence-corrected chi connectivity index (χ4v) is 3.44. The van der Waals surface area contributed by atoms with Gasteiger partial charge in [0.05, 0.1) is 21.8 Å². The number of halogens is 3. The minimum Gasteiger partial charge on any atom is -0.315 e. The summed E-state index contributed by atoms with van der Waals surface area (Å²) in [6.07, 6.45) is 4.79. The Kier molecular flexibility index (Phi) is 4.11. The highest BCUT2D eigenvalue weighted by Crippen LogP contribution is 2.30. The number of carbonyl (C=O) groups is 1. The molecule has 2 heterocycles. The van der Waals surface area contributed by atoms with Crippen LogP contribution in [0, 0.1) is 0 Å². The van der Waals surface area contributed by atoms with Crippen LogP contribution in [-0.4, -0.2) is 15.5 Å². The lowest BCUT2D eigenvalue weighted by molar-refractivity contribution is 0.102. The van der Waals surface area contributed by atoms with Crippen molar-refractivity contribution >= 4 is 46.5 Å². The third kappa shape index (κ3) is 2.89. The number of carbonyl (C=O) groups excluding carboxylic acids is 1. The van der Waals surface area contributed by atoms with E-state index in [2.05, 4.69) is 10.3 Å². The van der Waals surface area contributed by atoms with Gasteiger partial charge in [0.15, 0.2) is 0 Å². The van der Waals surface area contributed by atoms with Gasteiger partial charge in [0.1, 0.15) is 11.6 Å². The molecule has 7 heteroatoms. The number of nitrogens with zero attached hydrogens (tertiary/aromatic N) is 2. The molecule has 21 heavy (non-hydrogen) atoms. The predicted molar refractivity (Wildman–Crippen MR) is 84.6 cm³/mol. The van der Waals surface area contributed by atoms with Crippen LogP contribution in [0.5, 0.6) is 0 Å². The maximum atomic E-state index is 12.4. The highest BCUT2D eigenvalue weighted by molar-refractivity contribution is 6.42. The molecule has 1 aliphatic heterocycles. The van der Waals surface area contributed by atoms with Crippen molar-refractivity contribution in [3.8, 4) is 0 Å². The largest absolute Gasteiger partial charge is 0.315 e. The monoisotopic (exact) mass is 343 g/mol. The van der Waals surface area contributed by atoms with Crippen molar-refractivity contribution in [1.29, 1.82) is 0 Å². The molecule has 1 amide bonds. The van der Waals surface area contributed by atoms with Crippen molar-refractivity contribution < 1.29 is 4.79 Å². The molecular weight excluding hydrogens is 333 g/mol. The summed E-state index contributed by atoms with van der Waals surface area (Å²) in [7, 11) is 0. The van der Waals surface area contributed by atoms with Crippen LogP contribution in [0.3, 0.4) is 0 Å². The van der Waals surface area contributed by atoms with Crippen LogP contribution >= 0.6 is 34.8 Å². The maximum absolute atomic E-state index is 12.4. The summed E-state index contributed by atoms with van der Waals surface area (Å²) < 4.78 is 2.01. The number of anilines is 1. The topological polar surface area (TPSA) is 46.9 Å². The number of fused-ring (bicyclic) bond motifs is 1. The lowest BCUT2D eigenvalue weighted by Crippen LogP contribution is -2.18. The second-order valence-electron chi connectivity index (χ2n) is 4.87. The molecular formula is C14H12Cl3N3O. The lowest BCUT2D eigenvalue weighted by atomic mass is 10.2. The molecule has 1 aromatic heterocycles. The van der Waals surface area contributed by atoms with Crippen molar-refractivity contribution in [3.63, 3.8) is 0 Å². The zero-order valence-corrected chi connectivity index (χ0v) is 13.3. The summed E-state index contributed by atoms with van der Waals surface area (Å²) >= 11 is 18.0. The molecule has 0 saturated heterocycles. The van der Waals surface area contributed by atoms with Gasteiger partial charge in [-0.05, 0) is 25.0 Å². The quantitative estimate of drug-likeness (QED) is 0.876. The Morgan fingerprint density at radius 1 is 1.19 bits per heavy atom. The minimum absolute atomic E-state index is 0.217. The van der Waals surface area contributed by atoms with E-state index in [1.165, 1.54) is 12.1 Å². The smallest absolute Gasteiger partial charge is 0.259 e. The van der Waals surface area contributed by atoms with Gasteiger partial charge in [0.25, 0.3) is 5.91 Å². The Labute approximate surface area is 137 Å². The lowest BCUT2D eigenvalue weighted by Gasteiger charge is -2.17. The van der Waals surface area contributed by atoms with E-state index in [1.54, 1.807) is 6.20 Å². The van der Waals surface area contributed by atoms with Gasteiger partial charge in [-0.1, -0.05) is 34.8 Å². The minimum atomic E-state index is -0.366. The van der Waals surface area contributed by atoms with E-state index in [0.717, 1.165) is 31.6 Å². The molecule has 4 nitrogen and oxygen atoms in total. The van der Waals surface area contributed by atoms with Gasteiger partial charge in [-0.25, -0.2) is 4.98 Å². The van der Waals surface area contributed by atoms with Crippen LogP contribution in [0.2, 0.25) is 15.1 Å². The Bertz CT molecular complexity index is 688. The first-order chi connectivity index (χ1) is 10.1. The Morgan fingerprint density at radius 2 is 1.90 bits per heavy atom. The molecule has 0 aliphatic carbocycles. The summed E-state index contributed by atoms with van der Waals surface area (Å²) in [5.41, 5.74) is 0.217. The highest BCUT2D eigenvalue weighted by atomic mass is 35.5. The number of rotatable bonds is 2. The van der Waals surface area contributed by atoms with E-state index in [4.69, 9.17) is 34.8 Å². The fraction of sp³-hybridized carbons (Fsp3) is 0.286. The zero-order chi connectivity index (χ0) is 15.0. The second-order valence-corrected chi connectivity index (χ2v) is 6.12. The standard InChI is InChI=1S/C14H12Cl3N3O/c15-8-5-9(16)13(10(17)6-8)14(21)19-12-7-18-11-3-1-2-4-20(11)12/h5-7H,1-4H2,(H,19,21). The van der Waals surface area contributed by atoms with Crippen molar-refractivity contribution in [2.45, 2.75) is 25.8 Å².